The van der Waals surface area contributed by atoms with E-state index in [1.165, 1.54) is 0 Å². The second kappa shape index (κ2) is 19.4. The molecule has 8 aliphatic heterocycles. The monoisotopic (exact) mass is 1130 g/mol. The SMILES string of the molecule is Oc1cc(-c2cnc3c(N4CC5CCC(C4)N5)cc(OCC45CCCN4C(c4ccc(Cl)c6c(-c7cnc8c(N9CC%10CCC(C9)N%10)cc(OCC9%10CCCN9C[C@H](F)C%10)nc8c7)cc(O)cc46)CC5)nc3c2)c2c(Cl)cccc2c1. The summed E-state index contributed by atoms with van der Waals surface area (Å²) in [7, 11) is 0. The third kappa shape index (κ3) is 8.61. The summed E-state index contributed by atoms with van der Waals surface area (Å²) in [6, 6.07) is 27.0. The first-order valence-corrected chi connectivity index (χ1v) is 30.2. The molecule has 14 nitrogen and oxygen atoms in total. The van der Waals surface area contributed by atoms with Crippen molar-refractivity contribution in [2.45, 2.75) is 118 Å². The second-order valence-corrected chi connectivity index (χ2v) is 25.7. The standard InChI is InChI=1S/C64H65Cl2FN10O4/c65-50-5-1-4-36-18-44(78)21-47(59(36)50)37-19-52-61(68-27-37)55(74-30-40-6-7-41(31-74)70-40)24-57(72-52)80-34-63-13-3-17-77(63)54(12-15-63)46-10-11-51(66)60-48(22-45(79)23-49(46)60)38-20-53-62(69-28-38)56(75-32-42-8-9-43(33-75)71-42)25-58(73-53)81-35-64-14-2-16-76(64)29-39(67)26-64/h1,4-5,10-11,18-25,27-28,39-43,54,70-71,78-79H,2-3,6-9,12-17,26,29-35H2/t39-,40?,41?,42?,43?,54?,63?,64?/m1/s1. The predicted octanol–water partition coefficient (Wildman–Crippen LogP) is 11.5. The molecule has 17 heteroatoms. The predicted molar refractivity (Wildman–Crippen MR) is 317 cm³/mol. The van der Waals surface area contributed by atoms with Crippen LogP contribution in [0.5, 0.6) is 23.3 Å². The van der Waals surface area contributed by atoms with Gasteiger partial charge in [-0.05, 0) is 153 Å². The van der Waals surface area contributed by atoms with Gasteiger partial charge in [0, 0.05) is 126 Å². The van der Waals surface area contributed by atoms with Gasteiger partial charge in [0.05, 0.1) is 33.5 Å². The first kappa shape index (κ1) is 50.4. The number of anilines is 2. The maximum absolute atomic E-state index is 14.9. The van der Waals surface area contributed by atoms with Gasteiger partial charge in [0.1, 0.15) is 41.9 Å². The smallest absolute Gasteiger partial charge is 0.216 e. The topological polar surface area (TPSA) is 148 Å². The molecule has 12 heterocycles. The number of pyridine rings is 4. The van der Waals surface area contributed by atoms with Gasteiger partial charge in [0.25, 0.3) is 0 Å². The van der Waals surface area contributed by atoms with E-state index in [4.69, 9.17) is 52.6 Å². The fraction of sp³-hybridized carbons (Fsp3) is 0.438. The van der Waals surface area contributed by atoms with E-state index in [0.717, 1.165) is 181 Å². The molecule has 8 saturated heterocycles. The number of benzene rings is 4. The van der Waals surface area contributed by atoms with Crippen LogP contribution in [0.2, 0.25) is 10.0 Å². The van der Waals surface area contributed by atoms with Gasteiger partial charge >= 0.3 is 0 Å². The number of nitrogens with zero attached hydrogens (tertiary/aromatic N) is 8. The van der Waals surface area contributed by atoms with E-state index < -0.39 is 6.17 Å². The highest BCUT2D eigenvalue weighted by Gasteiger charge is 2.51. The molecule has 0 amide bonds. The normalized spacial score (nSPS) is 28.1. The summed E-state index contributed by atoms with van der Waals surface area (Å²) in [5, 5.41) is 34.8. The van der Waals surface area contributed by atoms with Crippen LogP contribution < -0.4 is 29.9 Å². The summed E-state index contributed by atoms with van der Waals surface area (Å²) in [4.78, 5) is 30.5. The highest BCUT2D eigenvalue weighted by molar-refractivity contribution is 6.37. The fourth-order valence-corrected chi connectivity index (χ4v) is 16.9. The summed E-state index contributed by atoms with van der Waals surface area (Å²) < 4.78 is 28.6. The average Bonchev–Trinajstić information content (AvgIpc) is 4.28. The molecular weight excluding hydrogens is 1060 g/mol. The van der Waals surface area contributed by atoms with Crippen molar-refractivity contribution in [3.8, 4) is 45.5 Å². The molecule has 0 radical (unpaired) electrons. The van der Waals surface area contributed by atoms with Crippen molar-refractivity contribution in [3.05, 3.63) is 107 Å². The van der Waals surface area contributed by atoms with Crippen molar-refractivity contribution < 1.29 is 24.1 Å². The van der Waals surface area contributed by atoms with Crippen LogP contribution in [-0.4, -0.2) is 140 Å². The zero-order valence-electron chi connectivity index (χ0n) is 45.2. The molecule has 8 atom stereocenters. The van der Waals surface area contributed by atoms with Crippen molar-refractivity contribution in [2.75, 3.05) is 68.8 Å². The van der Waals surface area contributed by atoms with Crippen molar-refractivity contribution in [3.63, 3.8) is 0 Å². The number of aromatic nitrogens is 4. The number of alkyl halides is 1. The van der Waals surface area contributed by atoms with E-state index in [1.807, 2.05) is 48.8 Å². The Labute approximate surface area is 479 Å². The number of phenols is 2. The lowest BCUT2D eigenvalue weighted by Gasteiger charge is -2.36. The number of hydrogen-bond donors (Lipinski definition) is 4. The second-order valence-electron chi connectivity index (χ2n) is 24.8. The summed E-state index contributed by atoms with van der Waals surface area (Å²) >= 11 is 14.2. The van der Waals surface area contributed by atoms with Gasteiger partial charge in [-0.25, -0.2) is 14.4 Å². The van der Waals surface area contributed by atoms with Gasteiger partial charge in [0.2, 0.25) is 11.8 Å². The largest absolute Gasteiger partial charge is 0.508 e. The van der Waals surface area contributed by atoms with Crippen molar-refractivity contribution in [2.24, 2.45) is 0 Å². The van der Waals surface area contributed by atoms with Crippen LogP contribution in [0.3, 0.4) is 0 Å². The van der Waals surface area contributed by atoms with E-state index in [9.17, 15) is 14.6 Å². The lowest BCUT2D eigenvalue weighted by molar-refractivity contribution is 0.0874. The van der Waals surface area contributed by atoms with Crippen LogP contribution in [0.4, 0.5) is 15.8 Å². The molecule has 81 heavy (non-hydrogen) atoms. The van der Waals surface area contributed by atoms with Gasteiger partial charge < -0.3 is 40.1 Å². The molecule has 8 aromatic rings. The van der Waals surface area contributed by atoms with Crippen molar-refractivity contribution in [1.29, 1.82) is 0 Å². The molecule has 0 spiro atoms. The Kier molecular flexibility index (Phi) is 12.1. The zero-order valence-corrected chi connectivity index (χ0v) is 46.7. The zero-order chi connectivity index (χ0) is 54.3. The van der Waals surface area contributed by atoms with Crippen LogP contribution in [0, 0.1) is 0 Å². The van der Waals surface area contributed by atoms with E-state index in [1.54, 1.807) is 18.2 Å². The molecule has 4 bridgehead atoms. The van der Waals surface area contributed by atoms with Crippen LogP contribution in [0.1, 0.15) is 82.2 Å². The summed E-state index contributed by atoms with van der Waals surface area (Å²) in [6.07, 6.45) is 13.8. The molecule has 4 N–H and O–H groups in total. The molecule has 0 aliphatic carbocycles. The fourth-order valence-electron chi connectivity index (χ4n) is 16.3. The van der Waals surface area contributed by atoms with Crippen LogP contribution in [-0.2, 0) is 0 Å². The van der Waals surface area contributed by atoms with Crippen molar-refractivity contribution in [1.82, 2.24) is 40.4 Å². The minimum absolute atomic E-state index is 0.0495. The van der Waals surface area contributed by atoms with Gasteiger partial charge in [-0.15, -0.1) is 0 Å². The summed E-state index contributed by atoms with van der Waals surface area (Å²) in [5.74, 6) is 1.38. The first-order chi connectivity index (χ1) is 39.5. The third-order valence-corrected chi connectivity index (χ3v) is 20.6. The molecular formula is C64H65Cl2FN10O4. The Morgan fingerprint density at radius 2 is 1.20 bits per heavy atom. The van der Waals surface area contributed by atoms with E-state index in [2.05, 4.69) is 54.5 Å². The Balaban J connectivity index is 0.727. The number of phenolic OH excluding ortho intramolecular Hbond substituents is 2. The number of nitrogens with one attached hydrogen (secondary N) is 2. The number of aromatic hydroxyl groups is 2. The van der Waals surface area contributed by atoms with Gasteiger partial charge in [-0.1, -0.05) is 41.4 Å². The number of rotatable bonds is 11. The molecule has 7 unspecified atom stereocenters. The Morgan fingerprint density at radius 1 is 0.617 bits per heavy atom. The van der Waals surface area contributed by atoms with Crippen LogP contribution >= 0.6 is 23.2 Å². The Hall–Kier alpha value is -6.33. The lowest BCUT2D eigenvalue weighted by atomic mass is 9.91. The van der Waals surface area contributed by atoms with E-state index in [-0.39, 0.29) is 28.6 Å². The highest BCUT2D eigenvalue weighted by Crippen LogP contribution is 2.52. The number of halogens is 3. The lowest BCUT2D eigenvalue weighted by Crippen LogP contribution is -2.51. The summed E-state index contributed by atoms with van der Waals surface area (Å²) in [6.45, 7) is 6.62. The minimum Gasteiger partial charge on any atom is -0.508 e. The quantitative estimate of drug-likeness (QED) is 0.0974. The van der Waals surface area contributed by atoms with E-state index >= 15 is 0 Å². The highest BCUT2D eigenvalue weighted by atomic mass is 35.5. The first-order valence-electron chi connectivity index (χ1n) is 29.4. The molecule has 4 aromatic carbocycles. The average molecular weight is 1130 g/mol. The van der Waals surface area contributed by atoms with Crippen LogP contribution in [0.25, 0.3) is 65.9 Å². The van der Waals surface area contributed by atoms with Gasteiger partial charge in [-0.3, -0.25) is 19.8 Å². The van der Waals surface area contributed by atoms with Crippen LogP contribution in [0.15, 0.2) is 91.3 Å². The number of piperazine rings is 2. The Morgan fingerprint density at radius 3 is 1.85 bits per heavy atom. The number of ether oxygens (including phenoxy) is 2. The minimum atomic E-state index is -0.844. The molecule has 8 aliphatic rings. The number of fused-ring (bicyclic) bond motifs is 10. The van der Waals surface area contributed by atoms with Gasteiger partial charge in [-0.2, -0.15) is 0 Å². The molecule has 16 rings (SSSR count). The Bertz CT molecular complexity index is 3850. The number of hydrogen-bond acceptors (Lipinski definition) is 14. The van der Waals surface area contributed by atoms with Gasteiger partial charge in [0.15, 0.2) is 0 Å². The van der Waals surface area contributed by atoms with Crippen molar-refractivity contribution >= 4 is 78.2 Å². The molecule has 8 fully saturated rings. The molecule has 4 aromatic heterocycles. The molecule has 0 saturated carbocycles. The maximum Gasteiger partial charge on any atom is 0.216 e. The third-order valence-electron chi connectivity index (χ3n) is 19.9. The molecule has 416 valence electrons. The maximum atomic E-state index is 14.9. The summed E-state index contributed by atoms with van der Waals surface area (Å²) in [5.41, 5.74) is 8.79. The van der Waals surface area contributed by atoms with E-state index in [0.29, 0.717) is 77.7 Å².